The lowest BCUT2D eigenvalue weighted by atomic mass is 10.2. The summed E-state index contributed by atoms with van der Waals surface area (Å²) in [5.74, 6) is 0. The summed E-state index contributed by atoms with van der Waals surface area (Å²) in [6, 6.07) is 0. The van der Waals surface area contributed by atoms with E-state index in [0.717, 1.165) is 17.6 Å². The Morgan fingerprint density at radius 2 is 1.08 bits per heavy atom. The van der Waals surface area contributed by atoms with Gasteiger partial charge in [-0.05, 0) is 0 Å². The number of alkyl halides is 6. The quantitative estimate of drug-likeness (QED) is 0.263. The average Bonchev–Trinajstić information content (AvgIpc) is 2.00. The van der Waals surface area contributed by atoms with Crippen molar-refractivity contribution in [2.45, 2.75) is 24.6 Å². The van der Waals surface area contributed by atoms with Crippen molar-refractivity contribution in [1.82, 2.24) is 0 Å². The first kappa shape index (κ1) is 16.4. The van der Waals surface area contributed by atoms with Crippen molar-refractivity contribution < 1.29 is 0 Å². The first-order valence-corrected chi connectivity index (χ1v) is 10.7. The minimum atomic E-state index is 0.732. The second kappa shape index (κ2) is 8.47. The third-order valence-corrected chi connectivity index (χ3v) is 15.4. The summed E-state index contributed by atoms with van der Waals surface area (Å²) < 4.78 is 3.81. The highest BCUT2D eigenvalue weighted by molar-refractivity contribution is 14.2. The van der Waals surface area contributed by atoms with Gasteiger partial charge in [-0.15, -0.1) is 0 Å². The van der Waals surface area contributed by atoms with E-state index in [-0.39, 0.29) is 0 Å². The van der Waals surface area contributed by atoms with Crippen LogP contribution in [0, 0.1) is 0 Å². The SMILES string of the molecule is CC(I)C(I)C(I)C(I)C(I)I. The molecule has 0 aliphatic carbocycles. The number of hydrogen-bond acceptors (Lipinski definition) is 0. The van der Waals surface area contributed by atoms with Crippen LogP contribution in [0.1, 0.15) is 6.92 Å². The molecule has 0 fully saturated rings. The molecule has 0 aliphatic heterocycles. The first-order chi connectivity index (χ1) is 5.37. The summed E-state index contributed by atoms with van der Waals surface area (Å²) in [4.78, 5) is 0. The van der Waals surface area contributed by atoms with E-state index < -0.39 is 0 Å². The van der Waals surface area contributed by atoms with Crippen LogP contribution in [0.25, 0.3) is 0 Å². The van der Waals surface area contributed by atoms with Crippen molar-refractivity contribution in [2.75, 3.05) is 0 Å². The molecule has 0 bridgehead atoms. The zero-order valence-electron chi connectivity index (χ0n) is 6.15. The predicted molar refractivity (Wildman–Crippen MR) is 109 cm³/mol. The number of rotatable bonds is 4. The van der Waals surface area contributed by atoms with E-state index in [9.17, 15) is 0 Å². The first-order valence-electron chi connectivity index (χ1n) is 3.22. The minimum absolute atomic E-state index is 0.732. The fourth-order valence-electron chi connectivity index (χ4n) is 0.568. The second-order valence-corrected chi connectivity index (χ2v) is 13.7. The summed E-state index contributed by atoms with van der Waals surface area (Å²) in [5, 5.41) is 0. The van der Waals surface area contributed by atoms with Gasteiger partial charge in [-0.1, -0.05) is 142 Å². The molecular weight excluding hydrogens is 833 g/mol. The van der Waals surface area contributed by atoms with Gasteiger partial charge in [-0.25, -0.2) is 0 Å². The monoisotopic (exact) mass is 841 g/mol. The summed E-state index contributed by atoms with van der Waals surface area (Å²) in [6.07, 6.45) is 0. The van der Waals surface area contributed by atoms with E-state index in [2.05, 4.69) is 142 Å². The van der Waals surface area contributed by atoms with E-state index in [1.807, 2.05) is 0 Å². The van der Waals surface area contributed by atoms with Gasteiger partial charge >= 0.3 is 0 Å². The van der Waals surface area contributed by atoms with Gasteiger partial charge < -0.3 is 0 Å². The van der Waals surface area contributed by atoms with Gasteiger partial charge in [0, 0.05) is 15.7 Å². The lowest BCUT2D eigenvalue weighted by Crippen LogP contribution is -2.32. The zero-order chi connectivity index (χ0) is 9.89. The highest BCUT2D eigenvalue weighted by Crippen LogP contribution is 2.35. The predicted octanol–water partition coefficient (Wildman–Crippen LogP) is 5.42. The van der Waals surface area contributed by atoms with Crippen LogP contribution in [0.4, 0.5) is 0 Å². The van der Waals surface area contributed by atoms with Crippen LogP contribution >= 0.6 is 136 Å². The maximum absolute atomic E-state index is 2.59. The fourth-order valence-corrected chi connectivity index (χ4v) is 7.02. The molecule has 0 aliphatic rings. The van der Waals surface area contributed by atoms with Gasteiger partial charge in [0.15, 0.2) is 0 Å². The van der Waals surface area contributed by atoms with Crippen LogP contribution in [0.2, 0.25) is 0 Å². The molecule has 0 saturated carbocycles. The molecule has 0 radical (unpaired) electrons. The van der Waals surface area contributed by atoms with E-state index >= 15 is 0 Å². The van der Waals surface area contributed by atoms with Gasteiger partial charge in [0.05, 0.1) is 1.93 Å². The smallest absolute Gasteiger partial charge is 0.0754 e. The molecule has 0 aromatic rings. The Kier molecular flexibility index (Phi) is 11.6. The van der Waals surface area contributed by atoms with Gasteiger partial charge in [0.25, 0.3) is 0 Å². The third kappa shape index (κ3) is 6.20. The van der Waals surface area contributed by atoms with Crippen LogP contribution in [0.3, 0.4) is 0 Å². The molecule has 74 valence electrons. The van der Waals surface area contributed by atoms with Crippen LogP contribution < -0.4 is 0 Å². The molecule has 0 spiro atoms. The second-order valence-electron chi connectivity index (χ2n) is 2.35. The standard InChI is InChI=1S/C6H8I6/c1-2(7)3(8)4(9)5(10)6(11)12/h2-6H,1H3. The summed E-state index contributed by atoms with van der Waals surface area (Å²) in [5.41, 5.74) is 0. The van der Waals surface area contributed by atoms with Gasteiger partial charge in [-0.2, -0.15) is 0 Å². The molecule has 0 rings (SSSR count). The Bertz CT molecular complexity index is 111. The molecule has 4 unspecified atom stereocenters. The van der Waals surface area contributed by atoms with E-state index in [1.54, 1.807) is 0 Å². The highest BCUT2D eigenvalue weighted by atomic mass is 127. The van der Waals surface area contributed by atoms with Crippen molar-refractivity contribution in [3.8, 4) is 0 Å². The molecule has 0 saturated heterocycles. The lowest BCUT2D eigenvalue weighted by Gasteiger charge is -2.25. The molecule has 6 heteroatoms. The molecule has 0 aromatic carbocycles. The molecule has 0 nitrogen and oxygen atoms in total. The van der Waals surface area contributed by atoms with Crippen molar-refractivity contribution in [3.05, 3.63) is 0 Å². The average molecular weight is 842 g/mol. The maximum atomic E-state index is 2.59. The Morgan fingerprint density at radius 1 is 0.667 bits per heavy atom. The third-order valence-electron chi connectivity index (χ3n) is 1.29. The molecule has 12 heavy (non-hydrogen) atoms. The van der Waals surface area contributed by atoms with Gasteiger partial charge in [-0.3, -0.25) is 0 Å². The van der Waals surface area contributed by atoms with Gasteiger partial charge in [0.1, 0.15) is 0 Å². The molecule has 0 heterocycles. The Labute approximate surface area is 156 Å². The maximum Gasteiger partial charge on any atom is 0.0754 e. The topological polar surface area (TPSA) is 0 Å². The highest BCUT2D eigenvalue weighted by Gasteiger charge is 2.29. The zero-order valence-corrected chi connectivity index (χ0v) is 19.1. The molecule has 0 amide bonds. The number of hydrogen-bond donors (Lipinski definition) is 0. The van der Waals surface area contributed by atoms with E-state index in [4.69, 9.17) is 0 Å². The van der Waals surface area contributed by atoms with Crippen molar-refractivity contribution in [1.29, 1.82) is 0 Å². The molecule has 0 N–H and O–H groups in total. The van der Waals surface area contributed by atoms with Crippen LogP contribution in [0.15, 0.2) is 0 Å². The van der Waals surface area contributed by atoms with Crippen molar-refractivity contribution in [2.24, 2.45) is 0 Å². The Balaban J connectivity index is 4.08. The minimum Gasteiger partial charge on any atom is -0.0817 e. The Morgan fingerprint density at radius 3 is 1.33 bits per heavy atom. The van der Waals surface area contributed by atoms with Gasteiger partial charge in [0.2, 0.25) is 0 Å². The normalized spacial score (nSPS) is 22.0. The summed E-state index contributed by atoms with van der Waals surface area (Å²) in [7, 11) is 0. The molecule has 0 aromatic heterocycles. The largest absolute Gasteiger partial charge is 0.0817 e. The summed E-state index contributed by atoms with van der Waals surface area (Å²) in [6.45, 7) is 2.29. The molecular formula is C6H8I6. The van der Waals surface area contributed by atoms with Crippen molar-refractivity contribution >= 4 is 136 Å². The van der Waals surface area contributed by atoms with E-state index in [0.29, 0.717) is 0 Å². The summed E-state index contributed by atoms with van der Waals surface area (Å²) >= 11 is 15.3. The van der Waals surface area contributed by atoms with Crippen molar-refractivity contribution in [3.63, 3.8) is 0 Å². The van der Waals surface area contributed by atoms with Crippen LogP contribution in [0.5, 0.6) is 0 Å². The number of halogens is 6. The van der Waals surface area contributed by atoms with E-state index in [1.165, 1.54) is 0 Å². The lowest BCUT2D eigenvalue weighted by molar-refractivity contribution is 0.841. The van der Waals surface area contributed by atoms with Crippen LogP contribution in [-0.4, -0.2) is 17.6 Å². The Hall–Kier alpha value is 4.38. The molecule has 4 atom stereocenters. The fraction of sp³-hybridized carbons (Fsp3) is 1.00. The van der Waals surface area contributed by atoms with Crippen LogP contribution in [-0.2, 0) is 0 Å².